The van der Waals surface area contributed by atoms with E-state index < -0.39 is 0 Å². The van der Waals surface area contributed by atoms with Crippen molar-refractivity contribution in [2.45, 2.75) is 12.3 Å². The van der Waals surface area contributed by atoms with Gasteiger partial charge in [0.05, 0.1) is 5.75 Å². The van der Waals surface area contributed by atoms with Crippen LogP contribution >= 0.6 is 11.8 Å². The lowest BCUT2D eigenvalue weighted by Crippen LogP contribution is -2.27. The Labute approximate surface area is 118 Å². The van der Waals surface area contributed by atoms with Gasteiger partial charge in [-0.25, -0.2) is 0 Å². The van der Waals surface area contributed by atoms with Crippen LogP contribution in [0.3, 0.4) is 0 Å². The fourth-order valence-corrected chi connectivity index (χ4v) is 2.74. The average molecular weight is 274 g/mol. The molecule has 0 fully saturated rings. The molecule has 0 saturated heterocycles. The summed E-state index contributed by atoms with van der Waals surface area (Å²) in [7, 11) is 0. The molecule has 1 atom stereocenters. The standard InChI is InChI=1S/C15H18N2OS/c1-2-8-19-9-7-16-15(18)10-12-11-17-14-6-4-3-5-13(12)14/h1,3-6,12,17H,7-11H2,(H,16,18). The van der Waals surface area contributed by atoms with Crippen LogP contribution in [0.25, 0.3) is 0 Å². The molecule has 100 valence electrons. The number of hydrogen-bond acceptors (Lipinski definition) is 3. The van der Waals surface area contributed by atoms with Gasteiger partial charge < -0.3 is 10.6 Å². The number of amides is 1. The molecule has 1 aliphatic rings. The Kier molecular flexibility index (Phi) is 5.17. The molecule has 0 spiro atoms. The molecule has 4 heteroatoms. The Balaban J connectivity index is 1.74. The summed E-state index contributed by atoms with van der Waals surface area (Å²) in [6.45, 7) is 1.53. The van der Waals surface area contributed by atoms with Gasteiger partial charge in [0, 0.05) is 36.9 Å². The van der Waals surface area contributed by atoms with E-state index in [2.05, 4.69) is 28.7 Å². The first kappa shape index (κ1) is 13.8. The first-order chi connectivity index (χ1) is 9.31. The van der Waals surface area contributed by atoms with Crippen LogP contribution in [0.4, 0.5) is 5.69 Å². The predicted molar refractivity (Wildman–Crippen MR) is 81.5 cm³/mol. The van der Waals surface area contributed by atoms with Crippen LogP contribution in [0.15, 0.2) is 24.3 Å². The Morgan fingerprint density at radius 2 is 2.37 bits per heavy atom. The molecule has 1 aromatic carbocycles. The summed E-state index contributed by atoms with van der Waals surface area (Å²) in [5, 5.41) is 6.28. The molecule has 1 unspecified atom stereocenters. The first-order valence-electron chi connectivity index (χ1n) is 6.42. The highest BCUT2D eigenvalue weighted by Gasteiger charge is 2.23. The Morgan fingerprint density at radius 3 is 3.21 bits per heavy atom. The van der Waals surface area contributed by atoms with Gasteiger partial charge in [0.25, 0.3) is 0 Å². The van der Waals surface area contributed by atoms with E-state index in [1.54, 1.807) is 11.8 Å². The van der Waals surface area contributed by atoms with Gasteiger partial charge in [-0.3, -0.25) is 4.79 Å². The number of hydrogen-bond donors (Lipinski definition) is 2. The molecule has 1 amide bonds. The van der Waals surface area contributed by atoms with Crippen LogP contribution in [0.1, 0.15) is 17.9 Å². The zero-order valence-electron chi connectivity index (χ0n) is 10.8. The van der Waals surface area contributed by atoms with E-state index in [1.165, 1.54) is 5.56 Å². The van der Waals surface area contributed by atoms with E-state index in [-0.39, 0.29) is 11.8 Å². The van der Waals surface area contributed by atoms with Crippen molar-refractivity contribution in [2.75, 3.05) is 29.9 Å². The minimum absolute atomic E-state index is 0.116. The monoisotopic (exact) mass is 274 g/mol. The lowest BCUT2D eigenvalue weighted by atomic mass is 9.98. The smallest absolute Gasteiger partial charge is 0.220 e. The van der Waals surface area contributed by atoms with Crippen molar-refractivity contribution in [3.63, 3.8) is 0 Å². The molecule has 3 nitrogen and oxygen atoms in total. The van der Waals surface area contributed by atoms with Gasteiger partial charge in [-0.15, -0.1) is 18.2 Å². The summed E-state index contributed by atoms with van der Waals surface area (Å²) in [6.07, 6.45) is 5.70. The van der Waals surface area contributed by atoms with Crippen molar-refractivity contribution in [1.82, 2.24) is 5.32 Å². The number of benzene rings is 1. The highest BCUT2D eigenvalue weighted by molar-refractivity contribution is 7.99. The lowest BCUT2D eigenvalue weighted by Gasteiger charge is -2.10. The van der Waals surface area contributed by atoms with Crippen LogP contribution in [0.2, 0.25) is 0 Å². The largest absolute Gasteiger partial charge is 0.384 e. The molecule has 0 radical (unpaired) electrons. The topological polar surface area (TPSA) is 41.1 Å². The normalized spacial score (nSPS) is 16.3. The maximum Gasteiger partial charge on any atom is 0.220 e. The van der Waals surface area contributed by atoms with Gasteiger partial charge in [-0.1, -0.05) is 24.1 Å². The summed E-state index contributed by atoms with van der Waals surface area (Å²) in [4.78, 5) is 11.9. The minimum Gasteiger partial charge on any atom is -0.384 e. The quantitative estimate of drug-likeness (QED) is 0.616. The summed E-state index contributed by atoms with van der Waals surface area (Å²) in [6, 6.07) is 8.18. The predicted octanol–water partition coefficient (Wildman–Crippen LogP) is 2.07. The molecule has 0 aliphatic carbocycles. The molecule has 0 saturated carbocycles. The molecule has 0 bridgehead atoms. The molecule has 0 aromatic heterocycles. The minimum atomic E-state index is 0.116. The second-order valence-corrected chi connectivity index (χ2v) is 5.58. The molecular formula is C15H18N2OS. The van der Waals surface area contributed by atoms with Crippen molar-refractivity contribution < 1.29 is 4.79 Å². The summed E-state index contributed by atoms with van der Waals surface area (Å²) in [5.74, 6) is 4.54. The molecule has 1 aromatic rings. The number of anilines is 1. The third-order valence-electron chi connectivity index (χ3n) is 3.13. The third kappa shape index (κ3) is 3.93. The highest BCUT2D eigenvalue weighted by atomic mass is 32.2. The maximum atomic E-state index is 11.9. The molecular weight excluding hydrogens is 256 g/mol. The van der Waals surface area contributed by atoms with Gasteiger partial charge in [0.15, 0.2) is 0 Å². The van der Waals surface area contributed by atoms with Crippen LogP contribution in [0, 0.1) is 12.3 Å². The van der Waals surface area contributed by atoms with E-state index >= 15 is 0 Å². The highest BCUT2D eigenvalue weighted by Crippen LogP contribution is 2.32. The number of carbonyl (C=O) groups is 1. The zero-order chi connectivity index (χ0) is 13.5. The number of fused-ring (bicyclic) bond motifs is 1. The molecule has 2 rings (SSSR count). The van der Waals surface area contributed by atoms with E-state index in [9.17, 15) is 4.79 Å². The summed E-state index contributed by atoms with van der Waals surface area (Å²) < 4.78 is 0. The van der Waals surface area contributed by atoms with Gasteiger partial charge in [-0.2, -0.15) is 0 Å². The number of carbonyl (C=O) groups excluding carboxylic acids is 1. The molecule has 2 N–H and O–H groups in total. The second kappa shape index (κ2) is 7.10. The van der Waals surface area contributed by atoms with Crippen LogP contribution in [-0.2, 0) is 4.79 Å². The molecule has 1 aliphatic heterocycles. The van der Waals surface area contributed by atoms with Crippen molar-refractivity contribution in [1.29, 1.82) is 0 Å². The van der Waals surface area contributed by atoms with Crippen molar-refractivity contribution in [3.05, 3.63) is 29.8 Å². The van der Waals surface area contributed by atoms with E-state index in [1.807, 2.05) is 12.1 Å². The van der Waals surface area contributed by atoms with Crippen LogP contribution < -0.4 is 10.6 Å². The van der Waals surface area contributed by atoms with E-state index in [0.717, 1.165) is 18.0 Å². The lowest BCUT2D eigenvalue weighted by molar-refractivity contribution is -0.121. The maximum absolute atomic E-state index is 11.9. The zero-order valence-corrected chi connectivity index (χ0v) is 11.6. The number of nitrogens with one attached hydrogen (secondary N) is 2. The SMILES string of the molecule is C#CCSCCNC(=O)CC1CNc2ccccc21. The molecule has 19 heavy (non-hydrogen) atoms. The number of terminal acetylenes is 1. The Bertz CT molecular complexity index is 481. The number of rotatable bonds is 6. The first-order valence-corrected chi connectivity index (χ1v) is 7.57. The second-order valence-electron chi connectivity index (χ2n) is 4.48. The van der Waals surface area contributed by atoms with Gasteiger partial charge in [0.2, 0.25) is 5.91 Å². The Hall–Kier alpha value is -1.60. The van der Waals surface area contributed by atoms with E-state index in [0.29, 0.717) is 18.7 Å². The van der Waals surface area contributed by atoms with Gasteiger partial charge >= 0.3 is 0 Å². The van der Waals surface area contributed by atoms with Crippen molar-refractivity contribution >= 4 is 23.4 Å². The summed E-state index contributed by atoms with van der Waals surface area (Å²) >= 11 is 1.66. The Morgan fingerprint density at radius 1 is 1.53 bits per heavy atom. The number of para-hydroxylation sites is 1. The van der Waals surface area contributed by atoms with Crippen molar-refractivity contribution in [3.8, 4) is 12.3 Å². The van der Waals surface area contributed by atoms with Crippen LogP contribution in [-0.4, -0.2) is 30.5 Å². The third-order valence-corrected chi connectivity index (χ3v) is 3.99. The average Bonchev–Trinajstić information content (AvgIpc) is 2.82. The van der Waals surface area contributed by atoms with Gasteiger partial charge in [-0.05, 0) is 11.6 Å². The van der Waals surface area contributed by atoms with Crippen LogP contribution in [0.5, 0.6) is 0 Å². The van der Waals surface area contributed by atoms with Crippen molar-refractivity contribution in [2.24, 2.45) is 0 Å². The van der Waals surface area contributed by atoms with Gasteiger partial charge in [0.1, 0.15) is 0 Å². The fourth-order valence-electron chi connectivity index (χ4n) is 2.23. The number of thioether (sulfide) groups is 1. The fraction of sp³-hybridized carbons (Fsp3) is 0.400. The van der Waals surface area contributed by atoms with E-state index in [4.69, 9.17) is 6.42 Å². The molecule has 1 heterocycles. The summed E-state index contributed by atoms with van der Waals surface area (Å²) in [5.41, 5.74) is 2.41.